The van der Waals surface area contributed by atoms with Crippen LogP contribution in [-0.2, 0) is 25.7 Å². The normalized spacial score (nSPS) is 9.87. The standard InChI is InChI=1S/C18H18O5.C11H14O4/c1-2-21-18(20)13-23-17-9-8-16(10-15(17)11-19)22-12-14-6-4-3-5-7-14;1-3-14-11(13)7-15-10-5-4-9(12)6-8(10)2/h3-11H,2,12-13H2,1H3;4-6,12H,3,7H2,1-2H3. The number of aldehydes is 1. The number of rotatable bonds is 12. The fourth-order valence-electron chi connectivity index (χ4n) is 3.05. The van der Waals surface area contributed by atoms with Crippen molar-refractivity contribution in [1.29, 1.82) is 0 Å². The molecule has 9 nitrogen and oxygen atoms in total. The maximum Gasteiger partial charge on any atom is 0.344 e. The Morgan fingerprint density at radius 2 is 1.39 bits per heavy atom. The van der Waals surface area contributed by atoms with Crippen LogP contribution in [0.3, 0.4) is 0 Å². The summed E-state index contributed by atoms with van der Waals surface area (Å²) in [5.74, 6) is 0.745. The molecule has 0 aliphatic heterocycles. The first-order chi connectivity index (χ1) is 18.4. The van der Waals surface area contributed by atoms with E-state index in [2.05, 4.69) is 0 Å². The molecular formula is C29H32O9. The van der Waals surface area contributed by atoms with E-state index in [1.165, 1.54) is 6.07 Å². The lowest BCUT2D eigenvalue weighted by atomic mass is 10.2. The highest BCUT2D eigenvalue weighted by molar-refractivity contribution is 5.80. The number of benzene rings is 3. The SMILES string of the molecule is CCOC(=O)COc1ccc(O)cc1C.CCOC(=O)COc1ccc(OCc2ccccc2)cc1C=O. The quantitative estimate of drug-likeness (QED) is 0.267. The molecule has 1 N–H and O–H groups in total. The van der Waals surface area contributed by atoms with Crippen molar-refractivity contribution in [3.05, 3.63) is 83.4 Å². The summed E-state index contributed by atoms with van der Waals surface area (Å²) in [6.07, 6.45) is 0.663. The Labute approximate surface area is 221 Å². The number of hydrogen-bond acceptors (Lipinski definition) is 9. The Balaban J connectivity index is 0.000000293. The molecule has 0 aliphatic carbocycles. The van der Waals surface area contributed by atoms with Crippen LogP contribution >= 0.6 is 0 Å². The summed E-state index contributed by atoms with van der Waals surface area (Å²) >= 11 is 0. The van der Waals surface area contributed by atoms with Crippen LogP contribution in [0.25, 0.3) is 0 Å². The second kappa shape index (κ2) is 16.3. The largest absolute Gasteiger partial charge is 0.508 e. The van der Waals surface area contributed by atoms with E-state index in [0.717, 1.165) is 11.1 Å². The molecule has 202 valence electrons. The number of phenols is 1. The molecule has 0 atom stereocenters. The zero-order valence-corrected chi connectivity index (χ0v) is 21.7. The second-order valence-electron chi connectivity index (χ2n) is 7.73. The van der Waals surface area contributed by atoms with Crippen molar-refractivity contribution in [3.8, 4) is 23.0 Å². The van der Waals surface area contributed by atoms with Gasteiger partial charge in [-0.2, -0.15) is 0 Å². The molecule has 3 aromatic rings. The van der Waals surface area contributed by atoms with Gasteiger partial charge >= 0.3 is 11.9 Å². The van der Waals surface area contributed by atoms with Crippen molar-refractivity contribution in [2.75, 3.05) is 26.4 Å². The van der Waals surface area contributed by atoms with Crippen molar-refractivity contribution in [2.24, 2.45) is 0 Å². The summed E-state index contributed by atoms with van der Waals surface area (Å²) in [5, 5.41) is 9.15. The summed E-state index contributed by atoms with van der Waals surface area (Å²) in [4.78, 5) is 33.5. The van der Waals surface area contributed by atoms with Gasteiger partial charge in [-0.1, -0.05) is 30.3 Å². The fraction of sp³-hybridized carbons (Fsp3) is 0.276. The van der Waals surface area contributed by atoms with Crippen molar-refractivity contribution in [1.82, 2.24) is 0 Å². The van der Waals surface area contributed by atoms with Crippen LogP contribution in [-0.4, -0.2) is 49.8 Å². The summed E-state index contributed by atoms with van der Waals surface area (Å²) < 4.78 is 25.7. The molecule has 0 spiro atoms. The van der Waals surface area contributed by atoms with Gasteiger partial charge in [0.15, 0.2) is 19.5 Å². The van der Waals surface area contributed by atoms with Crippen LogP contribution in [0.4, 0.5) is 0 Å². The van der Waals surface area contributed by atoms with Gasteiger partial charge in [0.05, 0.1) is 18.8 Å². The Kier molecular flexibility index (Phi) is 12.7. The lowest BCUT2D eigenvalue weighted by Gasteiger charge is -2.11. The predicted molar refractivity (Wildman–Crippen MR) is 140 cm³/mol. The average Bonchev–Trinajstić information content (AvgIpc) is 2.91. The van der Waals surface area contributed by atoms with Crippen LogP contribution < -0.4 is 14.2 Å². The van der Waals surface area contributed by atoms with Gasteiger partial charge in [-0.3, -0.25) is 4.79 Å². The minimum absolute atomic E-state index is 0.112. The van der Waals surface area contributed by atoms with Gasteiger partial charge in [-0.25, -0.2) is 9.59 Å². The third-order valence-electron chi connectivity index (χ3n) is 4.82. The highest BCUT2D eigenvalue weighted by Gasteiger charge is 2.09. The van der Waals surface area contributed by atoms with Gasteiger partial charge in [0, 0.05) is 0 Å². The van der Waals surface area contributed by atoms with E-state index in [-0.39, 0.29) is 25.6 Å². The molecule has 3 aromatic carbocycles. The number of carbonyl (C=O) groups is 3. The zero-order valence-electron chi connectivity index (χ0n) is 21.7. The zero-order chi connectivity index (χ0) is 27.8. The van der Waals surface area contributed by atoms with E-state index in [1.807, 2.05) is 30.3 Å². The molecule has 0 saturated heterocycles. The lowest BCUT2D eigenvalue weighted by Crippen LogP contribution is -2.15. The van der Waals surface area contributed by atoms with Gasteiger partial charge in [0.2, 0.25) is 0 Å². The Morgan fingerprint density at radius 1 is 0.789 bits per heavy atom. The van der Waals surface area contributed by atoms with Gasteiger partial charge in [-0.15, -0.1) is 0 Å². The van der Waals surface area contributed by atoms with Crippen LogP contribution in [0.1, 0.15) is 35.3 Å². The second-order valence-corrected chi connectivity index (χ2v) is 7.73. The molecule has 3 rings (SSSR count). The van der Waals surface area contributed by atoms with Gasteiger partial charge in [0.25, 0.3) is 0 Å². The highest BCUT2D eigenvalue weighted by atomic mass is 16.6. The summed E-state index contributed by atoms with van der Waals surface area (Å²) in [6.45, 7) is 5.93. The number of carbonyl (C=O) groups excluding carboxylic acids is 3. The summed E-state index contributed by atoms with van der Waals surface area (Å²) in [5.41, 5.74) is 2.13. The molecule has 0 aliphatic rings. The first-order valence-corrected chi connectivity index (χ1v) is 12.0. The van der Waals surface area contributed by atoms with Crippen LogP contribution in [0.2, 0.25) is 0 Å². The fourth-order valence-corrected chi connectivity index (χ4v) is 3.05. The maximum atomic E-state index is 11.3. The van der Waals surface area contributed by atoms with E-state index in [1.54, 1.807) is 51.1 Å². The lowest BCUT2D eigenvalue weighted by molar-refractivity contribution is -0.146. The van der Waals surface area contributed by atoms with Gasteiger partial charge < -0.3 is 28.8 Å². The number of ether oxygens (including phenoxy) is 5. The number of hydrogen-bond donors (Lipinski definition) is 1. The van der Waals surface area contributed by atoms with Crippen LogP contribution in [0.15, 0.2) is 66.7 Å². The van der Waals surface area contributed by atoms with E-state index in [9.17, 15) is 14.4 Å². The van der Waals surface area contributed by atoms with Crippen molar-refractivity contribution in [3.63, 3.8) is 0 Å². The first kappa shape index (κ1) is 29.7. The summed E-state index contributed by atoms with van der Waals surface area (Å²) in [6, 6.07) is 19.3. The Morgan fingerprint density at radius 3 is 1.97 bits per heavy atom. The first-order valence-electron chi connectivity index (χ1n) is 12.0. The molecule has 0 bridgehead atoms. The van der Waals surface area contributed by atoms with E-state index in [0.29, 0.717) is 42.3 Å². The molecule has 0 amide bonds. The molecule has 0 heterocycles. The highest BCUT2D eigenvalue weighted by Crippen LogP contribution is 2.24. The number of aryl methyl sites for hydroxylation is 1. The molecule has 38 heavy (non-hydrogen) atoms. The minimum atomic E-state index is -0.478. The summed E-state index contributed by atoms with van der Waals surface area (Å²) in [7, 11) is 0. The molecule has 0 saturated carbocycles. The van der Waals surface area contributed by atoms with Crippen molar-refractivity contribution >= 4 is 18.2 Å². The molecule has 0 radical (unpaired) electrons. The van der Waals surface area contributed by atoms with E-state index >= 15 is 0 Å². The number of phenolic OH excluding ortho intramolecular Hbond substituents is 1. The van der Waals surface area contributed by atoms with E-state index in [4.69, 9.17) is 28.8 Å². The molecule has 9 heteroatoms. The topological polar surface area (TPSA) is 118 Å². The van der Waals surface area contributed by atoms with Crippen LogP contribution in [0, 0.1) is 6.92 Å². The minimum Gasteiger partial charge on any atom is -0.508 e. The smallest absolute Gasteiger partial charge is 0.344 e. The number of aromatic hydroxyl groups is 1. The molecule has 0 aromatic heterocycles. The maximum absolute atomic E-state index is 11.3. The van der Waals surface area contributed by atoms with Gasteiger partial charge in [-0.05, 0) is 68.3 Å². The van der Waals surface area contributed by atoms with Crippen molar-refractivity contribution in [2.45, 2.75) is 27.4 Å². The average molecular weight is 525 g/mol. The van der Waals surface area contributed by atoms with Crippen LogP contribution in [0.5, 0.6) is 23.0 Å². The van der Waals surface area contributed by atoms with Crippen molar-refractivity contribution < 1.29 is 43.2 Å². The molecule has 0 unspecified atom stereocenters. The molecular weight excluding hydrogens is 492 g/mol. The molecule has 0 fully saturated rings. The Bertz CT molecular complexity index is 1180. The monoisotopic (exact) mass is 524 g/mol. The predicted octanol–water partition coefficient (Wildman–Crippen LogP) is 4.66. The number of esters is 2. The van der Waals surface area contributed by atoms with E-state index < -0.39 is 11.9 Å². The van der Waals surface area contributed by atoms with Gasteiger partial charge in [0.1, 0.15) is 29.6 Å². The third-order valence-corrected chi connectivity index (χ3v) is 4.82. The third kappa shape index (κ3) is 10.6. The Hall–Kier alpha value is -4.53.